The van der Waals surface area contributed by atoms with Gasteiger partial charge in [-0.3, -0.25) is 9.59 Å². The minimum absolute atomic E-state index is 0.113. The van der Waals surface area contributed by atoms with Crippen molar-refractivity contribution in [1.82, 2.24) is 5.32 Å². The number of carbonyl (C=O) groups excluding carboxylic acids is 2. The molecule has 1 amide bonds. The van der Waals surface area contributed by atoms with E-state index in [0.29, 0.717) is 5.02 Å². The van der Waals surface area contributed by atoms with Gasteiger partial charge in [0.25, 0.3) is 5.91 Å². The molecule has 1 aromatic carbocycles. The number of hydrogen-bond donors (Lipinski definition) is 1. The Labute approximate surface area is 122 Å². The second kappa shape index (κ2) is 7.36. The molecule has 0 heterocycles. The third-order valence-electron chi connectivity index (χ3n) is 2.18. The van der Waals surface area contributed by atoms with Gasteiger partial charge in [0.1, 0.15) is 0 Å². The van der Waals surface area contributed by atoms with E-state index >= 15 is 0 Å². The summed E-state index contributed by atoms with van der Waals surface area (Å²) in [5.74, 6) is -0.725. The number of hydrogen-bond acceptors (Lipinski definition) is 3. The minimum Gasteiger partial charge on any atom is -0.463 e. The van der Waals surface area contributed by atoms with Crippen molar-refractivity contribution < 1.29 is 14.3 Å². The Morgan fingerprint density at radius 1 is 1.32 bits per heavy atom. The zero-order chi connectivity index (χ0) is 14.4. The van der Waals surface area contributed by atoms with Crippen molar-refractivity contribution >= 4 is 35.1 Å². The zero-order valence-corrected chi connectivity index (χ0v) is 12.2. The second-order valence-corrected chi connectivity index (χ2v) is 4.93. The number of benzene rings is 1. The van der Waals surface area contributed by atoms with Crippen molar-refractivity contribution in [3.63, 3.8) is 0 Å². The summed E-state index contributed by atoms with van der Waals surface area (Å²) in [4.78, 5) is 23.1. The van der Waals surface area contributed by atoms with Crippen molar-refractivity contribution in [3.05, 3.63) is 33.8 Å². The summed E-state index contributed by atoms with van der Waals surface area (Å²) in [5, 5.41) is 3.10. The van der Waals surface area contributed by atoms with Crippen LogP contribution in [-0.2, 0) is 9.53 Å². The van der Waals surface area contributed by atoms with Crippen molar-refractivity contribution in [1.29, 1.82) is 0 Å². The maximum absolute atomic E-state index is 11.8. The van der Waals surface area contributed by atoms with Crippen molar-refractivity contribution in [2.45, 2.75) is 26.4 Å². The van der Waals surface area contributed by atoms with E-state index in [4.69, 9.17) is 27.9 Å². The molecule has 0 atom stereocenters. The fraction of sp³-hybridized carbons (Fsp3) is 0.385. The lowest BCUT2D eigenvalue weighted by Crippen LogP contribution is -2.27. The van der Waals surface area contributed by atoms with Crippen molar-refractivity contribution in [3.8, 4) is 0 Å². The SMILES string of the molecule is CC(C)OC(=O)CCNC(=O)c1cccc(Cl)c1Cl. The topological polar surface area (TPSA) is 55.4 Å². The number of halogens is 2. The molecule has 0 radical (unpaired) electrons. The van der Waals surface area contributed by atoms with Crippen LogP contribution in [0.1, 0.15) is 30.6 Å². The van der Waals surface area contributed by atoms with E-state index in [0.717, 1.165) is 0 Å². The molecule has 0 aliphatic rings. The molecular weight excluding hydrogens is 289 g/mol. The number of rotatable bonds is 5. The molecule has 0 saturated heterocycles. The van der Waals surface area contributed by atoms with Gasteiger partial charge in [0, 0.05) is 6.54 Å². The average Bonchev–Trinajstić information content (AvgIpc) is 2.31. The standard InChI is InChI=1S/C13H15Cl2NO3/c1-8(2)19-11(17)6-7-16-13(18)9-4-3-5-10(14)12(9)15/h3-5,8H,6-7H2,1-2H3,(H,16,18). The molecule has 104 valence electrons. The molecule has 4 nitrogen and oxygen atoms in total. The zero-order valence-electron chi connectivity index (χ0n) is 10.7. The molecule has 0 fully saturated rings. The van der Waals surface area contributed by atoms with Gasteiger partial charge < -0.3 is 10.1 Å². The molecule has 0 aliphatic heterocycles. The van der Waals surface area contributed by atoms with E-state index in [9.17, 15) is 9.59 Å². The Morgan fingerprint density at radius 3 is 2.63 bits per heavy atom. The molecule has 0 saturated carbocycles. The lowest BCUT2D eigenvalue weighted by atomic mass is 10.2. The van der Waals surface area contributed by atoms with Gasteiger partial charge in [0.05, 0.1) is 28.1 Å². The quantitative estimate of drug-likeness (QED) is 0.851. The van der Waals surface area contributed by atoms with E-state index in [1.165, 1.54) is 0 Å². The van der Waals surface area contributed by atoms with Gasteiger partial charge in [0.15, 0.2) is 0 Å². The number of ether oxygens (including phenoxy) is 1. The van der Waals surface area contributed by atoms with Crippen molar-refractivity contribution in [2.75, 3.05) is 6.54 Å². The molecule has 19 heavy (non-hydrogen) atoms. The van der Waals surface area contributed by atoms with Crippen LogP contribution in [0.15, 0.2) is 18.2 Å². The number of esters is 1. The lowest BCUT2D eigenvalue weighted by Gasteiger charge is -2.09. The molecule has 0 bridgehead atoms. The predicted octanol–water partition coefficient (Wildman–Crippen LogP) is 3.06. The Bertz CT molecular complexity index is 475. The fourth-order valence-electron chi connectivity index (χ4n) is 1.37. The Balaban J connectivity index is 2.48. The van der Waals surface area contributed by atoms with Crippen molar-refractivity contribution in [2.24, 2.45) is 0 Å². The maximum atomic E-state index is 11.8. The molecule has 0 aliphatic carbocycles. The summed E-state index contributed by atoms with van der Waals surface area (Å²) in [7, 11) is 0. The maximum Gasteiger partial charge on any atom is 0.307 e. The van der Waals surface area contributed by atoms with E-state index in [-0.39, 0.29) is 41.5 Å². The molecule has 0 spiro atoms. The highest BCUT2D eigenvalue weighted by Crippen LogP contribution is 2.25. The molecular formula is C13H15Cl2NO3. The largest absolute Gasteiger partial charge is 0.463 e. The van der Waals surface area contributed by atoms with Gasteiger partial charge in [-0.25, -0.2) is 0 Å². The van der Waals surface area contributed by atoms with Gasteiger partial charge in [-0.15, -0.1) is 0 Å². The number of amides is 1. The third kappa shape index (κ3) is 5.09. The average molecular weight is 304 g/mol. The Morgan fingerprint density at radius 2 is 2.00 bits per heavy atom. The summed E-state index contributed by atoms with van der Waals surface area (Å²) in [6.07, 6.45) is -0.0483. The highest BCUT2D eigenvalue weighted by molar-refractivity contribution is 6.43. The molecule has 0 aromatic heterocycles. The Kier molecular flexibility index (Phi) is 6.12. The van der Waals surface area contributed by atoms with Gasteiger partial charge in [-0.05, 0) is 26.0 Å². The predicted molar refractivity (Wildman–Crippen MR) is 74.6 cm³/mol. The summed E-state index contributed by atoms with van der Waals surface area (Å²) in [6.45, 7) is 3.72. The lowest BCUT2D eigenvalue weighted by molar-refractivity contribution is -0.147. The first-order valence-electron chi connectivity index (χ1n) is 5.83. The van der Waals surface area contributed by atoms with E-state index in [1.807, 2.05) is 0 Å². The van der Waals surface area contributed by atoms with Crippen LogP contribution < -0.4 is 5.32 Å². The minimum atomic E-state index is -0.371. The molecule has 1 N–H and O–H groups in total. The molecule has 6 heteroatoms. The summed E-state index contributed by atoms with van der Waals surface area (Å²) >= 11 is 11.7. The first-order chi connectivity index (χ1) is 8.91. The van der Waals surface area contributed by atoms with Gasteiger partial charge in [-0.2, -0.15) is 0 Å². The second-order valence-electron chi connectivity index (χ2n) is 4.15. The van der Waals surface area contributed by atoms with E-state index in [2.05, 4.69) is 5.32 Å². The van der Waals surface area contributed by atoms with Crippen LogP contribution in [0.4, 0.5) is 0 Å². The van der Waals surface area contributed by atoms with Gasteiger partial charge in [0.2, 0.25) is 0 Å². The Hall–Kier alpha value is -1.26. The van der Waals surface area contributed by atoms with Crippen LogP contribution in [0.2, 0.25) is 10.0 Å². The first-order valence-corrected chi connectivity index (χ1v) is 6.59. The van der Waals surface area contributed by atoms with Gasteiger partial charge >= 0.3 is 5.97 Å². The number of nitrogens with one attached hydrogen (secondary N) is 1. The monoisotopic (exact) mass is 303 g/mol. The van der Waals surface area contributed by atoms with Crippen LogP contribution in [0.3, 0.4) is 0 Å². The van der Waals surface area contributed by atoms with Crippen LogP contribution in [0.25, 0.3) is 0 Å². The normalized spacial score (nSPS) is 10.4. The smallest absolute Gasteiger partial charge is 0.307 e. The molecule has 1 rings (SSSR count). The molecule has 1 aromatic rings. The fourth-order valence-corrected chi connectivity index (χ4v) is 1.76. The number of carbonyl (C=O) groups is 2. The van der Waals surface area contributed by atoms with Crippen LogP contribution in [0, 0.1) is 0 Å². The first kappa shape index (κ1) is 15.8. The summed E-state index contributed by atoms with van der Waals surface area (Å²) in [5.41, 5.74) is 0.284. The van der Waals surface area contributed by atoms with E-state index < -0.39 is 0 Å². The highest BCUT2D eigenvalue weighted by Gasteiger charge is 2.13. The highest BCUT2D eigenvalue weighted by atomic mass is 35.5. The molecule has 0 unspecified atom stereocenters. The third-order valence-corrected chi connectivity index (χ3v) is 3.00. The van der Waals surface area contributed by atoms with E-state index in [1.54, 1.807) is 32.0 Å². The van der Waals surface area contributed by atoms with Crippen LogP contribution in [0.5, 0.6) is 0 Å². The summed E-state index contributed by atoms with van der Waals surface area (Å²) < 4.78 is 4.94. The summed E-state index contributed by atoms with van der Waals surface area (Å²) in [6, 6.07) is 4.80. The van der Waals surface area contributed by atoms with Crippen LogP contribution in [-0.4, -0.2) is 24.5 Å². The van der Waals surface area contributed by atoms with Crippen LogP contribution >= 0.6 is 23.2 Å². The van der Waals surface area contributed by atoms with Gasteiger partial charge in [-0.1, -0.05) is 29.3 Å².